The highest BCUT2D eigenvalue weighted by Crippen LogP contribution is 2.31. The second kappa shape index (κ2) is 6.50. The predicted molar refractivity (Wildman–Crippen MR) is 74.2 cm³/mol. The number of nitrogens with zero attached hydrogens (tertiary/aromatic N) is 1. The van der Waals surface area contributed by atoms with Crippen LogP contribution < -0.4 is 5.32 Å². The molecule has 108 valence electrons. The van der Waals surface area contributed by atoms with E-state index in [0.29, 0.717) is 5.56 Å². The first-order valence-electron chi connectivity index (χ1n) is 6.95. The van der Waals surface area contributed by atoms with Crippen molar-refractivity contribution in [2.45, 2.75) is 44.1 Å². The van der Waals surface area contributed by atoms with Gasteiger partial charge in [0.15, 0.2) is 0 Å². The molecule has 0 bridgehead atoms. The summed E-state index contributed by atoms with van der Waals surface area (Å²) in [4.78, 5) is 27.8. The van der Waals surface area contributed by atoms with Crippen molar-refractivity contribution in [3.05, 3.63) is 30.1 Å². The van der Waals surface area contributed by atoms with Crippen LogP contribution in [0.1, 0.15) is 48.9 Å². The number of hydrogen-bond donors (Lipinski definition) is 1. The molecule has 1 heterocycles. The quantitative estimate of drug-likeness (QED) is 0.855. The predicted octanol–water partition coefficient (Wildman–Crippen LogP) is 2.08. The minimum atomic E-state index is -0.474. The maximum Gasteiger partial charge on any atom is 0.307 e. The van der Waals surface area contributed by atoms with Gasteiger partial charge in [0.05, 0.1) is 24.6 Å². The third kappa shape index (κ3) is 3.56. The van der Waals surface area contributed by atoms with E-state index >= 15 is 0 Å². The topological polar surface area (TPSA) is 68.3 Å². The van der Waals surface area contributed by atoms with Gasteiger partial charge in [-0.05, 0) is 25.0 Å². The summed E-state index contributed by atoms with van der Waals surface area (Å²) in [6, 6.07) is 3.44. The number of nitrogens with one attached hydrogen (secondary N) is 1. The summed E-state index contributed by atoms with van der Waals surface area (Å²) in [5.74, 6) is -0.456. The van der Waals surface area contributed by atoms with E-state index in [9.17, 15) is 9.59 Å². The summed E-state index contributed by atoms with van der Waals surface area (Å²) >= 11 is 0. The number of ether oxygens (including phenoxy) is 1. The molecule has 1 amide bonds. The summed E-state index contributed by atoms with van der Waals surface area (Å²) < 4.78 is 4.76. The molecule has 1 saturated carbocycles. The number of amides is 1. The highest BCUT2D eigenvalue weighted by Gasteiger charge is 2.36. The van der Waals surface area contributed by atoms with E-state index in [1.165, 1.54) is 13.3 Å². The van der Waals surface area contributed by atoms with Crippen molar-refractivity contribution in [3.63, 3.8) is 0 Å². The van der Waals surface area contributed by atoms with Crippen LogP contribution >= 0.6 is 0 Å². The molecule has 0 radical (unpaired) electrons. The van der Waals surface area contributed by atoms with E-state index in [1.54, 1.807) is 18.3 Å². The lowest BCUT2D eigenvalue weighted by molar-refractivity contribution is -0.142. The number of carbonyl (C=O) groups excluding carboxylic acids is 2. The van der Waals surface area contributed by atoms with Crippen LogP contribution in [0.15, 0.2) is 24.5 Å². The normalized spacial score (nSPS) is 17.2. The highest BCUT2D eigenvalue weighted by atomic mass is 16.5. The standard InChI is InChI=1S/C15H20N2O3/c1-20-13(18)10-15(7-3-2-4-8-15)17-14(19)12-6-5-9-16-11-12/h5-6,9,11H,2-4,7-8,10H2,1H3,(H,17,19). The highest BCUT2D eigenvalue weighted by molar-refractivity contribution is 5.94. The van der Waals surface area contributed by atoms with Crippen LogP contribution in [0.3, 0.4) is 0 Å². The third-order valence-electron chi connectivity index (χ3n) is 3.82. The number of carbonyl (C=O) groups is 2. The van der Waals surface area contributed by atoms with E-state index < -0.39 is 5.54 Å². The van der Waals surface area contributed by atoms with E-state index in [0.717, 1.165) is 32.1 Å². The molecule has 1 aliphatic carbocycles. The van der Waals surface area contributed by atoms with Crippen molar-refractivity contribution in [2.75, 3.05) is 7.11 Å². The number of esters is 1. The molecule has 1 aliphatic rings. The Morgan fingerprint density at radius 1 is 1.35 bits per heavy atom. The molecule has 1 N–H and O–H groups in total. The molecule has 1 fully saturated rings. The molecule has 0 aromatic carbocycles. The molecule has 0 atom stereocenters. The number of rotatable bonds is 4. The number of hydrogen-bond acceptors (Lipinski definition) is 4. The molecule has 1 aromatic rings. The maximum atomic E-state index is 12.3. The summed E-state index contributed by atoms with van der Waals surface area (Å²) in [5.41, 5.74) is 0.0421. The molecule has 0 unspecified atom stereocenters. The van der Waals surface area contributed by atoms with Crippen molar-refractivity contribution < 1.29 is 14.3 Å². The van der Waals surface area contributed by atoms with Gasteiger partial charge in [-0.1, -0.05) is 19.3 Å². The molecule has 0 aliphatic heterocycles. The first kappa shape index (κ1) is 14.5. The smallest absolute Gasteiger partial charge is 0.307 e. The Morgan fingerprint density at radius 2 is 2.10 bits per heavy atom. The maximum absolute atomic E-state index is 12.3. The van der Waals surface area contributed by atoms with Gasteiger partial charge in [0.1, 0.15) is 0 Å². The van der Waals surface area contributed by atoms with Gasteiger partial charge >= 0.3 is 5.97 Å². The van der Waals surface area contributed by atoms with Gasteiger partial charge in [-0.25, -0.2) is 0 Å². The van der Waals surface area contributed by atoms with E-state index in [1.807, 2.05) is 0 Å². The van der Waals surface area contributed by atoms with Crippen molar-refractivity contribution in [3.8, 4) is 0 Å². The van der Waals surface area contributed by atoms with Gasteiger partial charge in [0, 0.05) is 12.4 Å². The Morgan fingerprint density at radius 3 is 2.70 bits per heavy atom. The van der Waals surface area contributed by atoms with E-state index in [-0.39, 0.29) is 18.3 Å². The molecule has 20 heavy (non-hydrogen) atoms. The van der Waals surface area contributed by atoms with Crippen LogP contribution in [-0.2, 0) is 9.53 Å². The molecular weight excluding hydrogens is 256 g/mol. The zero-order valence-electron chi connectivity index (χ0n) is 11.7. The minimum absolute atomic E-state index is 0.177. The molecular formula is C15H20N2O3. The molecule has 2 rings (SSSR count). The Balaban J connectivity index is 2.11. The van der Waals surface area contributed by atoms with Gasteiger partial charge in [0.2, 0.25) is 0 Å². The molecule has 0 spiro atoms. The van der Waals surface area contributed by atoms with Crippen LogP contribution in [0.4, 0.5) is 0 Å². The number of aromatic nitrogens is 1. The number of pyridine rings is 1. The van der Waals surface area contributed by atoms with Crippen molar-refractivity contribution in [1.29, 1.82) is 0 Å². The Labute approximate surface area is 118 Å². The summed E-state index contributed by atoms with van der Waals surface area (Å²) in [6.07, 6.45) is 8.20. The first-order valence-corrected chi connectivity index (χ1v) is 6.95. The Bertz CT molecular complexity index is 467. The fourth-order valence-corrected chi connectivity index (χ4v) is 2.73. The van der Waals surface area contributed by atoms with E-state index in [4.69, 9.17) is 4.74 Å². The zero-order chi connectivity index (χ0) is 14.4. The largest absolute Gasteiger partial charge is 0.469 e. The van der Waals surface area contributed by atoms with Gasteiger partial charge in [-0.15, -0.1) is 0 Å². The zero-order valence-corrected chi connectivity index (χ0v) is 11.7. The minimum Gasteiger partial charge on any atom is -0.469 e. The first-order chi connectivity index (χ1) is 9.65. The average molecular weight is 276 g/mol. The van der Waals surface area contributed by atoms with Crippen molar-refractivity contribution in [2.24, 2.45) is 0 Å². The summed E-state index contributed by atoms with van der Waals surface area (Å²) in [5, 5.41) is 3.03. The average Bonchev–Trinajstić information content (AvgIpc) is 2.48. The van der Waals surface area contributed by atoms with Crippen LogP contribution in [-0.4, -0.2) is 29.5 Å². The molecule has 0 saturated heterocycles. The summed E-state index contributed by atoms with van der Waals surface area (Å²) in [7, 11) is 1.38. The molecule has 5 nitrogen and oxygen atoms in total. The van der Waals surface area contributed by atoms with E-state index in [2.05, 4.69) is 10.3 Å². The third-order valence-corrected chi connectivity index (χ3v) is 3.82. The monoisotopic (exact) mass is 276 g/mol. The fourth-order valence-electron chi connectivity index (χ4n) is 2.73. The van der Waals surface area contributed by atoms with Gasteiger partial charge in [-0.2, -0.15) is 0 Å². The van der Waals surface area contributed by atoms with Crippen LogP contribution in [0.25, 0.3) is 0 Å². The lowest BCUT2D eigenvalue weighted by Gasteiger charge is -2.37. The fraction of sp³-hybridized carbons (Fsp3) is 0.533. The Hall–Kier alpha value is -1.91. The second-order valence-electron chi connectivity index (χ2n) is 5.29. The SMILES string of the molecule is COC(=O)CC1(NC(=O)c2cccnc2)CCCCC1. The lowest BCUT2D eigenvalue weighted by atomic mass is 9.79. The van der Waals surface area contributed by atoms with Gasteiger partial charge < -0.3 is 10.1 Å². The van der Waals surface area contributed by atoms with Crippen LogP contribution in [0, 0.1) is 0 Å². The van der Waals surface area contributed by atoms with Gasteiger partial charge in [-0.3, -0.25) is 14.6 Å². The van der Waals surface area contributed by atoms with Crippen LogP contribution in [0.2, 0.25) is 0 Å². The van der Waals surface area contributed by atoms with Gasteiger partial charge in [0.25, 0.3) is 5.91 Å². The van der Waals surface area contributed by atoms with Crippen molar-refractivity contribution in [1.82, 2.24) is 10.3 Å². The molecule has 1 aromatic heterocycles. The lowest BCUT2D eigenvalue weighted by Crippen LogP contribution is -2.51. The summed E-state index contributed by atoms with van der Waals surface area (Å²) in [6.45, 7) is 0. The second-order valence-corrected chi connectivity index (χ2v) is 5.29. The Kier molecular flexibility index (Phi) is 4.71. The van der Waals surface area contributed by atoms with Crippen LogP contribution in [0.5, 0.6) is 0 Å². The molecule has 5 heteroatoms. The number of methoxy groups -OCH3 is 1. The van der Waals surface area contributed by atoms with Crippen molar-refractivity contribution >= 4 is 11.9 Å².